The molecule has 7 heteroatoms. The highest BCUT2D eigenvalue weighted by Crippen LogP contribution is 2.32. The molecule has 0 saturated carbocycles. The molecule has 1 atom stereocenters. The van der Waals surface area contributed by atoms with Gasteiger partial charge in [-0.1, -0.05) is 11.6 Å². The lowest BCUT2D eigenvalue weighted by molar-refractivity contribution is -0.384. The highest BCUT2D eigenvalue weighted by molar-refractivity contribution is 6.30. The lowest BCUT2D eigenvalue weighted by Gasteiger charge is -2.35. The van der Waals surface area contributed by atoms with Crippen molar-refractivity contribution in [3.63, 3.8) is 0 Å². The average Bonchev–Trinajstić information content (AvgIpc) is 2.38. The smallest absolute Gasteiger partial charge is 0.294 e. The molecule has 0 radical (unpaired) electrons. The first-order valence-corrected chi connectivity index (χ1v) is 6.80. The molecule has 20 heavy (non-hydrogen) atoms. The van der Waals surface area contributed by atoms with Gasteiger partial charge in [0.1, 0.15) is 5.69 Å². The number of morpholine rings is 1. The zero-order valence-electron chi connectivity index (χ0n) is 11.6. The molecule has 0 aromatic heterocycles. The molecule has 110 valence electrons. The van der Waals surface area contributed by atoms with Gasteiger partial charge in [0.05, 0.1) is 17.6 Å². The van der Waals surface area contributed by atoms with Gasteiger partial charge < -0.3 is 14.5 Å². The van der Waals surface area contributed by atoms with Crippen LogP contribution in [0.25, 0.3) is 0 Å². The fraction of sp³-hybridized carbons (Fsp3) is 0.538. The number of benzene rings is 1. The summed E-state index contributed by atoms with van der Waals surface area (Å²) in [5.41, 5.74) is 0.648. The zero-order valence-corrected chi connectivity index (χ0v) is 12.3. The number of halogens is 1. The molecular weight excluding hydrogens is 282 g/mol. The van der Waals surface area contributed by atoms with E-state index in [0.717, 1.165) is 6.54 Å². The largest absolute Gasteiger partial charge is 0.373 e. The Hall–Kier alpha value is -1.37. The van der Waals surface area contributed by atoms with Crippen LogP contribution < -0.4 is 4.90 Å². The molecule has 1 saturated heterocycles. The minimum absolute atomic E-state index is 0.0444. The van der Waals surface area contributed by atoms with Gasteiger partial charge in [0.2, 0.25) is 0 Å². The summed E-state index contributed by atoms with van der Waals surface area (Å²) in [7, 11) is 3.96. The fourth-order valence-corrected chi connectivity index (χ4v) is 2.53. The van der Waals surface area contributed by atoms with Gasteiger partial charge in [0.25, 0.3) is 5.69 Å². The lowest BCUT2D eigenvalue weighted by Crippen LogP contribution is -2.46. The molecule has 2 rings (SSSR count). The van der Waals surface area contributed by atoms with Crippen molar-refractivity contribution in [2.75, 3.05) is 45.2 Å². The van der Waals surface area contributed by atoms with E-state index in [0.29, 0.717) is 30.4 Å². The molecule has 0 N–H and O–H groups in total. The maximum Gasteiger partial charge on any atom is 0.294 e. The normalized spacial score (nSPS) is 19.4. The van der Waals surface area contributed by atoms with E-state index in [1.807, 2.05) is 23.9 Å². The van der Waals surface area contributed by atoms with Crippen LogP contribution in [0.1, 0.15) is 0 Å². The van der Waals surface area contributed by atoms with Crippen molar-refractivity contribution in [2.24, 2.45) is 0 Å². The number of hydrogen-bond donors (Lipinski definition) is 0. The van der Waals surface area contributed by atoms with Crippen LogP contribution in [0.5, 0.6) is 0 Å². The predicted octanol–water partition coefficient (Wildman–Crippen LogP) is 2.01. The molecule has 0 spiro atoms. The number of rotatable bonds is 4. The van der Waals surface area contributed by atoms with Crippen LogP contribution >= 0.6 is 11.6 Å². The molecule has 1 aromatic carbocycles. The van der Waals surface area contributed by atoms with E-state index in [4.69, 9.17) is 16.3 Å². The van der Waals surface area contributed by atoms with Gasteiger partial charge in [-0.05, 0) is 26.2 Å². The Balaban J connectivity index is 2.20. The van der Waals surface area contributed by atoms with Crippen molar-refractivity contribution >= 4 is 23.0 Å². The molecule has 1 aromatic rings. The number of likely N-dealkylation sites (N-methyl/N-ethyl adjacent to an activating group) is 1. The highest BCUT2D eigenvalue weighted by atomic mass is 35.5. The second-order valence-corrected chi connectivity index (χ2v) is 5.53. The number of nitro groups is 1. The third-order valence-corrected chi connectivity index (χ3v) is 3.42. The van der Waals surface area contributed by atoms with Crippen LogP contribution in [0.2, 0.25) is 5.02 Å². The highest BCUT2D eigenvalue weighted by Gasteiger charge is 2.26. The summed E-state index contributed by atoms with van der Waals surface area (Å²) in [5, 5.41) is 11.5. The Morgan fingerprint density at radius 3 is 2.95 bits per heavy atom. The van der Waals surface area contributed by atoms with Crippen LogP contribution in [0.15, 0.2) is 18.2 Å². The Morgan fingerprint density at radius 1 is 1.55 bits per heavy atom. The van der Waals surface area contributed by atoms with Crippen molar-refractivity contribution in [2.45, 2.75) is 6.10 Å². The van der Waals surface area contributed by atoms with Crippen LogP contribution in [-0.4, -0.2) is 56.3 Å². The molecule has 0 amide bonds. The van der Waals surface area contributed by atoms with Gasteiger partial charge in [-0.15, -0.1) is 0 Å². The second-order valence-electron chi connectivity index (χ2n) is 5.09. The van der Waals surface area contributed by atoms with Gasteiger partial charge in [0.15, 0.2) is 0 Å². The minimum Gasteiger partial charge on any atom is -0.373 e. The van der Waals surface area contributed by atoms with E-state index >= 15 is 0 Å². The quantitative estimate of drug-likeness (QED) is 0.629. The number of nitrogens with zero attached hydrogens (tertiary/aromatic N) is 3. The maximum atomic E-state index is 11.2. The summed E-state index contributed by atoms with van der Waals surface area (Å²) in [6, 6.07) is 4.78. The van der Waals surface area contributed by atoms with Crippen LogP contribution in [0, 0.1) is 10.1 Å². The number of nitro benzene ring substituents is 1. The molecule has 1 fully saturated rings. The van der Waals surface area contributed by atoms with Gasteiger partial charge in [-0.25, -0.2) is 0 Å². The van der Waals surface area contributed by atoms with E-state index in [2.05, 4.69) is 0 Å². The predicted molar refractivity (Wildman–Crippen MR) is 78.6 cm³/mol. The van der Waals surface area contributed by atoms with Gasteiger partial charge >= 0.3 is 0 Å². The molecule has 0 aliphatic carbocycles. The average molecular weight is 300 g/mol. The molecule has 1 aliphatic rings. The van der Waals surface area contributed by atoms with E-state index in [-0.39, 0.29) is 11.8 Å². The first kappa shape index (κ1) is 15.0. The number of hydrogen-bond acceptors (Lipinski definition) is 5. The SMILES string of the molecule is CN(C)CC1CN(c2ccc(Cl)cc2[N+](=O)[O-])CCO1. The zero-order chi connectivity index (χ0) is 14.7. The summed E-state index contributed by atoms with van der Waals surface area (Å²) in [6.45, 7) is 2.64. The summed E-state index contributed by atoms with van der Waals surface area (Å²) in [4.78, 5) is 14.8. The Bertz CT molecular complexity index is 496. The lowest BCUT2D eigenvalue weighted by atomic mass is 10.2. The molecule has 1 heterocycles. The summed E-state index contributed by atoms with van der Waals surface area (Å²) in [5.74, 6) is 0. The topological polar surface area (TPSA) is 58.9 Å². The molecule has 0 bridgehead atoms. The monoisotopic (exact) mass is 299 g/mol. The van der Waals surface area contributed by atoms with Crippen molar-refractivity contribution in [1.29, 1.82) is 0 Å². The summed E-state index contributed by atoms with van der Waals surface area (Å²) < 4.78 is 5.69. The van der Waals surface area contributed by atoms with E-state index in [9.17, 15) is 10.1 Å². The van der Waals surface area contributed by atoms with Crippen LogP contribution in [0.4, 0.5) is 11.4 Å². The van der Waals surface area contributed by atoms with Gasteiger partial charge in [-0.2, -0.15) is 0 Å². The third kappa shape index (κ3) is 3.59. The first-order chi connectivity index (χ1) is 9.47. The molecular formula is C13H18ClN3O3. The standard InChI is InChI=1S/C13H18ClN3O3/c1-15(2)8-11-9-16(5-6-20-11)12-4-3-10(14)7-13(12)17(18)19/h3-4,7,11H,5-6,8-9H2,1-2H3. The fourth-order valence-electron chi connectivity index (χ4n) is 2.37. The van der Waals surface area contributed by atoms with E-state index < -0.39 is 4.92 Å². The third-order valence-electron chi connectivity index (χ3n) is 3.18. The van der Waals surface area contributed by atoms with Crippen molar-refractivity contribution < 1.29 is 9.66 Å². The van der Waals surface area contributed by atoms with Crippen molar-refractivity contribution in [1.82, 2.24) is 4.90 Å². The minimum atomic E-state index is -0.391. The summed E-state index contributed by atoms with van der Waals surface area (Å²) in [6.07, 6.45) is 0.0500. The van der Waals surface area contributed by atoms with Gasteiger partial charge in [-0.3, -0.25) is 10.1 Å². The number of ether oxygens (including phenoxy) is 1. The van der Waals surface area contributed by atoms with Crippen molar-refractivity contribution in [3.05, 3.63) is 33.3 Å². The number of anilines is 1. The molecule has 6 nitrogen and oxygen atoms in total. The van der Waals surface area contributed by atoms with Crippen LogP contribution in [0.3, 0.4) is 0 Å². The van der Waals surface area contributed by atoms with Crippen LogP contribution in [-0.2, 0) is 4.74 Å². The maximum absolute atomic E-state index is 11.2. The second kappa shape index (κ2) is 6.39. The Kier molecular flexibility index (Phi) is 4.80. The summed E-state index contributed by atoms with van der Waals surface area (Å²) >= 11 is 5.84. The van der Waals surface area contributed by atoms with E-state index in [1.54, 1.807) is 12.1 Å². The molecule has 1 unspecified atom stereocenters. The van der Waals surface area contributed by atoms with Crippen molar-refractivity contribution in [3.8, 4) is 0 Å². The Morgan fingerprint density at radius 2 is 2.30 bits per heavy atom. The Labute approximate surface area is 123 Å². The van der Waals surface area contributed by atoms with E-state index in [1.165, 1.54) is 6.07 Å². The molecule has 1 aliphatic heterocycles. The van der Waals surface area contributed by atoms with Gasteiger partial charge in [0, 0.05) is 30.7 Å². The first-order valence-electron chi connectivity index (χ1n) is 6.42.